The van der Waals surface area contributed by atoms with Crippen LogP contribution < -0.4 is 14.6 Å². The van der Waals surface area contributed by atoms with Crippen LogP contribution in [-0.2, 0) is 39.8 Å². The van der Waals surface area contributed by atoms with Crippen molar-refractivity contribution < 1.29 is 63.3 Å². The molecule has 14 nitrogen and oxygen atoms in total. The van der Waals surface area contributed by atoms with Gasteiger partial charge in [-0.05, 0) is 88.3 Å². The average Bonchev–Trinajstić information content (AvgIpc) is 3.69. The molecule has 3 heterocycles. The monoisotopic (exact) mass is 1220 g/mol. The van der Waals surface area contributed by atoms with Crippen LogP contribution in [0.5, 0.6) is 11.5 Å². The number of methoxy groups -OCH3 is 2. The number of ether oxygens (including phenoxy) is 5. The number of carbonyl (C=O) groups excluding carboxylic acids is 3. The summed E-state index contributed by atoms with van der Waals surface area (Å²) >= 11 is 0. The third-order valence-corrected chi connectivity index (χ3v) is 9.28. The lowest BCUT2D eigenvalue weighted by molar-refractivity contribution is -0.304. The predicted molar refractivity (Wildman–Crippen MR) is 395 cm³/mol. The maximum atomic E-state index is 13.8. The molecule has 1 spiro atoms. The van der Waals surface area contributed by atoms with Gasteiger partial charge in [-0.2, -0.15) is 0 Å². The van der Waals surface area contributed by atoms with E-state index in [-0.39, 0.29) is 277 Å². The zero-order valence-electron chi connectivity index (χ0n) is 27.7. The molecule has 4 atom stereocenters. The summed E-state index contributed by atoms with van der Waals surface area (Å²) in [4.78, 5) is 47.9. The van der Waals surface area contributed by atoms with Crippen LogP contribution in [0.25, 0.3) is 0 Å². The molecule has 0 bridgehead atoms. The standard InChI is InChI=1S/C29H39NO9.C5H6O4.34CH4/c1-27(2,33)8-5-10-29(34,16-23(31)36-4)26(32)39-25-22(35-3)15-28-9-6-11-30(28)12-7-18-13-20-21(38-17-37-20)14-19(18)24(25)28;1-3(5(8)9)2-4(6)7;;;;;;;;;;;;;;;;;;;;;;;;;;;;;;;;;;/h13-15,24-25,33-34H,5-12,16-17H2,1-4H3;1-2H2,(H,6,7)(H,8,9);34*1H4/p-1/t24-,25-,28+,29+;;;;;;;;;;;;;;;;;;;;;;;;;;;;;;;;;;;/m1.................................../s1. The van der Waals surface area contributed by atoms with E-state index in [0.717, 1.165) is 43.5 Å². The quantitative estimate of drug-likeness (QED) is 0.132. The molecule has 0 unspecified atom stereocenters. The molecule has 536 valence electrons. The second-order valence-corrected chi connectivity index (χ2v) is 13.2. The van der Waals surface area contributed by atoms with Crippen molar-refractivity contribution in [2.75, 3.05) is 34.1 Å². The maximum absolute atomic E-state index is 13.8. The first kappa shape index (κ1) is 209. The van der Waals surface area contributed by atoms with Gasteiger partial charge in [0.05, 0.1) is 37.7 Å². The smallest absolute Gasteiger partial charge is 0.339 e. The molecule has 0 amide bonds. The van der Waals surface area contributed by atoms with Gasteiger partial charge in [0.15, 0.2) is 23.2 Å². The zero-order valence-corrected chi connectivity index (χ0v) is 27.7. The van der Waals surface area contributed by atoms with Crippen molar-refractivity contribution >= 4 is 23.9 Å². The minimum absolute atomic E-state index is 0. The van der Waals surface area contributed by atoms with E-state index in [0.29, 0.717) is 30.1 Å². The van der Waals surface area contributed by atoms with Crippen LogP contribution >= 0.6 is 0 Å². The Bertz CT molecular complexity index is 1480. The van der Waals surface area contributed by atoms with E-state index in [4.69, 9.17) is 28.8 Å². The van der Waals surface area contributed by atoms with Crippen molar-refractivity contribution in [2.24, 2.45) is 0 Å². The van der Waals surface area contributed by atoms with Gasteiger partial charge in [0.25, 0.3) is 0 Å². The topological polar surface area (TPSA) is 201 Å². The summed E-state index contributed by atoms with van der Waals surface area (Å²) in [7, 11) is 2.76. The number of benzene rings is 1. The summed E-state index contributed by atoms with van der Waals surface area (Å²) in [5.41, 5.74) is -1.79. The first-order valence-electron chi connectivity index (χ1n) is 15.8. The van der Waals surface area contributed by atoms with Crippen molar-refractivity contribution in [3.63, 3.8) is 0 Å². The Labute approximate surface area is 529 Å². The molecule has 82 heavy (non-hydrogen) atoms. The van der Waals surface area contributed by atoms with Crippen molar-refractivity contribution in [1.82, 2.24) is 4.90 Å². The Balaban J connectivity index is -0.0000000195. The summed E-state index contributed by atoms with van der Waals surface area (Å²) < 4.78 is 28.1. The fourth-order valence-corrected chi connectivity index (χ4v) is 6.96. The van der Waals surface area contributed by atoms with Gasteiger partial charge in [-0.3, -0.25) is 9.69 Å². The van der Waals surface area contributed by atoms with Gasteiger partial charge in [0, 0.05) is 24.5 Å². The summed E-state index contributed by atoms with van der Waals surface area (Å²) in [5.74, 6) is -2.80. The summed E-state index contributed by atoms with van der Waals surface area (Å²) in [6, 6.07) is 4.00. The highest BCUT2D eigenvalue weighted by Crippen LogP contribution is 2.55. The molecule has 1 fully saturated rings. The molecular formula is C68H180NO13-. The Morgan fingerprint density at radius 3 is 1.40 bits per heavy atom. The van der Waals surface area contributed by atoms with E-state index in [2.05, 4.69) is 17.6 Å². The SMILES string of the molecule is C.C.C.C.C.C.C.C.C.C.C.C.C.C.C.C.C.C.C.C.C.C.C.C.C.C.C.C.C.C.C.C.C.C.C=C(CC(=O)[O-])C(=O)O.COC(=O)C[C@@](O)(CCCC(C)(C)O)C(=O)O[C@@H]1C(OC)=C[C@]23CCCN2CCc2cc4c(cc2[C@H]13)OCO4. The predicted octanol–water partition coefficient (Wildman–Crippen LogP) is 23.0. The first-order chi connectivity index (χ1) is 22.5. The van der Waals surface area contributed by atoms with Gasteiger partial charge in [-0.1, -0.05) is 259 Å². The number of fused-ring (bicyclic) bond motifs is 3. The number of hydrogen-bond acceptors (Lipinski definition) is 13. The van der Waals surface area contributed by atoms with Gasteiger partial charge in [0.1, 0.15) is 5.76 Å². The molecule has 5 rings (SSSR count). The number of hydrogen-bond donors (Lipinski definition) is 3. The minimum atomic E-state index is -2.12. The van der Waals surface area contributed by atoms with Gasteiger partial charge in [0.2, 0.25) is 6.79 Å². The number of rotatable bonds is 12. The number of nitrogens with zero attached hydrogens (tertiary/aromatic N) is 1. The molecule has 3 aliphatic heterocycles. The molecule has 1 aromatic carbocycles. The molecule has 1 saturated heterocycles. The van der Waals surface area contributed by atoms with Crippen LogP contribution in [0, 0.1) is 0 Å². The second-order valence-electron chi connectivity index (χ2n) is 13.2. The third-order valence-electron chi connectivity index (χ3n) is 9.28. The van der Waals surface area contributed by atoms with E-state index in [1.807, 2.05) is 12.1 Å². The zero-order chi connectivity index (χ0) is 35.4. The third kappa shape index (κ3) is 48.3. The van der Waals surface area contributed by atoms with E-state index in [9.17, 15) is 34.5 Å². The normalized spacial score (nSPS) is 13.8. The fourth-order valence-electron chi connectivity index (χ4n) is 6.96. The van der Waals surface area contributed by atoms with Crippen LogP contribution in [0.2, 0.25) is 0 Å². The molecule has 0 saturated carbocycles. The summed E-state index contributed by atoms with van der Waals surface area (Å²) in [5, 5.41) is 39.4. The highest BCUT2D eigenvalue weighted by atomic mass is 16.7. The number of aliphatic hydroxyl groups is 2. The van der Waals surface area contributed by atoms with Gasteiger partial charge in [-0.25, -0.2) is 9.59 Å². The lowest BCUT2D eigenvalue weighted by Gasteiger charge is -2.39. The number of esters is 2. The Morgan fingerprint density at radius 1 is 0.659 bits per heavy atom. The van der Waals surface area contributed by atoms with Crippen molar-refractivity contribution in [3.05, 3.63) is 47.2 Å². The summed E-state index contributed by atoms with van der Waals surface area (Å²) in [6.07, 6.45) is 3.33. The molecular weight excluding hydrogens is 1040 g/mol. The number of carbonyl (C=O) groups is 4. The van der Waals surface area contributed by atoms with Crippen molar-refractivity contribution in [2.45, 2.75) is 346 Å². The number of carboxylic acid groups (broad SMARTS) is 2. The maximum Gasteiger partial charge on any atom is 0.339 e. The fraction of sp³-hybridized carbons (Fsp3) is 0.794. The lowest BCUT2D eigenvalue weighted by atomic mass is 9.77. The van der Waals surface area contributed by atoms with Crippen molar-refractivity contribution in [3.8, 4) is 11.5 Å². The van der Waals surface area contributed by atoms with Gasteiger partial charge >= 0.3 is 17.9 Å². The Hall–Kier alpha value is -4.14. The molecule has 0 radical (unpaired) electrons. The van der Waals surface area contributed by atoms with Crippen LogP contribution in [0.4, 0.5) is 0 Å². The molecule has 4 aliphatic rings. The molecule has 14 heteroatoms. The van der Waals surface area contributed by atoms with Crippen LogP contribution in [0.1, 0.15) is 328 Å². The molecule has 0 aromatic heterocycles. The second kappa shape index (κ2) is 85.7. The minimum Gasteiger partial charge on any atom is -0.550 e. The Kier molecular flexibility index (Phi) is 219. The molecule has 3 N–H and O–H groups in total. The van der Waals surface area contributed by atoms with Crippen LogP contribution in [0.3, 0.4) is 0 Å². The van der Waals surface area contributed by atoms with Gasteiger partial charge in [-0.15, -0.1) is 0 Å². The van der Waals surface area contributed by atoms with E-state index in [1.165, 1.54) is 7.11 Å². The van der Waals surface area contributed by atoms with E-state index in [1.54, 1.807) is 21.0 Å². The molecule has 1 aromatic rings. The van der Waals surface area contributed by atoms with Crippen LogP contribution in [-0.4, -0.2) is 101 Å². The lowest BCUT2D eigenvalue weighted by Crippen LogP contribution is -2.49. The number of carboxylic acids is 2. The van der Waals surface area contributed by atoms with Crippen molar-refractivity contribution in [1.29, 1.82) is 0 Å². The average molecular weight is 1220 g/mol. The molecule has 1 aliphatic carbocycles. The highest BCUT2D eigenvalue weighted by molar-refractivity contribution is 5.90. The van der Waals surface area contributed by atoms with Crippen LogP contribution in [0.15, 0.2) is 36.1 Å². The Morgan fingerprint density at radius 2 is 1.06 bits per heavy atom. The van der Waals surface area contributed by atoms with Gasteiger partial charge < -0.3 is 48.9 Å². The van der Waals surface area contributed by atoms with E-state index < -0.39 is 59.6 Å². The van der Waals surface area contributed by atoms with E-state index >= 15 is 0 Å². The number of aliphatic carboxylic acids is 2. The summed E-state index contributed by atoms with van der Waals surface area (Å²) in [6.45, 7) is 8.18. The highest BCUT2D eigenvalue weighted by Gasteiger charge is 2.59. The first-order valence-corrected chi connectivity index (χ1v) is 15.8. The largest absolute Gasteiger partial charge is 0.550 e.